The maximum atomic E-state index is 12.6. The van der Waals surface area contributed by atoms with E-state index < -0.39 is 6.10 Å². The van der Waals surface area contributed by atoms with Gasteiger partial charge in [-0.15, -0.1) is 0 Å². The molecule has 0 aliphatic carbocycles. The molecule has 0 bridgehead atoms. The van der Waals surface area contributed by atoms with E-state index in [0.717, 1.165) is 32.7 Å². The number of benzene rings is 1. The first-order valence-corrected chi connectivity index (χ1v) is 8.17. The molecular weight excluding hydrogens is 294 g/mol. The van der Waals surface area contributed by atoms with E-state index in [1.165, 1.54) is 0 Å². The Morgan fingerprint density at radius 3 is 2.61 bits per heavy atom. The molecule has 124 valence electrons. The Hall–Kier alpha value is -2.08. The van der Waals surface area contributed by atoms with Crippen LogP contribution in [0.4, 0.5) is 5.69 Å². The van der Waals surface area contributed by atoms with Crippen molar-refractivity contribution in [1.29, 1.82) is 0 Å². The highest BCUT2D eigenvalue weighted by molar-refractivity contribution is 6.03. The van der Waals surface area contributed by atoms with Gasteiger partial charge in [0.05, 0.1) is 5.69 Å². The summed E-state index contributed by atoms with van der Waals surface area (Å²) in [4.78, 5) is 30.7. The second-order valence-corrected chi connectivity index (χ2v) is 5.97. The summed E-state index contributed by atoms with van der Waals surface area (Å²) in [5.74, 6) is 0.491. The molecule has 2 aliphatic rings. The van der Waals surface area contributed by atoms with E-state index in [2.05, 4.69) is 11.8 Å². The van der Waals surface area contributed by atoms with Crippen LogP contribution in [0.15, 0.2) is 24.3 Å². The first-order chi connectivity index (χ1) is 11.1. The van der Waals surface area contributed by atoms with Gasteiger partial charge in [-0.1, -0.05) is 19.1 Å². The van der Waals surface area contributed by atoms with Crippen LogP contribution in [-0.2, 0) is 9.59 Å². The first-order valence-electron chi connectivity index (χ1n) is 8.17. The molecule has 0 saturated carbocycles. The van der Waals surface area contributed by atoms with Gasteiger partial charge in [-0.3, -0.25) is 14.5 Å². The second-order valence-electron chi connectivity index (χ2n) is 5.97. The molecule has 2 amide bonds. The lowest BCUT2D eigenvalue weighted by Gasteiger charge is -2.37. The molecular formula is C17H23N3O3. The smallest absolute Gasteiger partial charge is 0.268 e. The summed E-state index contributed by atoms with van der Waals surface area (Å²) in [6.07, 6.45) is -0.561. The number of amides is 2. The van der Waals surface area contributed by atoms with E-state index in [-0.39, 0.29) is 18.4 Å². The number of fused-ring (bicyclic) bond motifs is 1. The van der Waals surface area contributed by atoms with Gasteiger partial charge in [0, 0.05) is 26.2 Å². The molecule has 6 heteroatoms. The summed E-state index contributed by atoms with van der Waals surface area (Å²) >= 11 is 0. The number of nitrogens with zero attached hydrogens (tertiary/aromatic N) is 3. The molecule has 1 atom stereocenters. The molecule has 1 aromatic rings. The van der Waals surface area contributed by atoms with E-state index >= 15 is 0 Å². The Morgan fingerprint density at radius 2 is 1.91 bits per heavy atom. The van der Waals surface area contributed by atoms with Gasteiger partial charge in [0.2, 0.25) is 5.91 Å². The molecule has 3 rings (SSSR count). The maximum absolute atomic E-state index is 12.6. The summed E-state index contributed by atoms with van der Waals surface area (Å²) in [6.45, 7) is 8.17. The van der Waals surface area contributed by atoms with Crippen LogP contribution in [-0.4, -0.2) is 67.0 Å². The fraction of sp³-hybridized carbons (Fsp3) is 0.529. The lowest BCUT2D eigenvalue weighted by molar-refractivity contribution is -0.134. The van der Waals surface area contributed by atoms with Crippen LogP contribution < -0.4 is 9.64 Å². The number of rotatable bonds is 3. The van der Waals surface area contributed by atoms with E-state index in [4.69, 9.17) is 4.74 Å². The molecule has 6 nitrogen and oxygen atoms in total. The maximum Gasteiger partial charge on any atom is 0.268 e. The number of anilines is 1. The minimum absolute atomic E-state index is 0.00185. The molecule has 1 saturated heterocycles. The highest BCUT2D eigenvalue weighted by Crippen LogP contribution is 2.33. The van der Waals surface area contributed by atoms with Crippen molar-refractivity contribution in [3.63, 3.8) is 0 Å². The minimum atomic E-state index is -0.561. The van der Waals surface area contributed by atoms with Crippen molar-refractivity contribution in [2.75, 3.05) is 44.2 Å². The lowest BCUT2D eigenvalue weighted by atomic mass is 10.2. The number of carbonyl (C=O) groups is 2. The standard InChI is InChI=1S/C17H23N3O3/c1-3-18-8-10-19(11-9-18)16(21)12-20-14-6-4-5-7-15(14)23-13(2)17(20)22/h4-7,13H,3,8-12H2,1-2H3. The number of piperazine rings is 1. The average Bonchev–Trinajstić information content (AvgIpc) is 2.59. The molecule has 1 aromatic carbocycles. The van der Waals surface area contributed by atoms with Gasteiger partial charge in [-0.05, 0) is 25.6 Å². The zero-order valence-electron chi connectivity index (χ0n) is 13.7. The SMILES string of the molecule is CCN1CCN(C(=O)CN2C(=O)C(C)Oc3ccccc32)CC1. The van der Waals surface area contributed by atoms with Crippen molar-refractivity contribution in [3.8, 4) is 5.75 Å². The normalized spacial score (nSPS) is 21.8. The van der Waals surface area contributed by atoms with Crippen LogP contribution in [0.2, 0.25) is 0 Å². The molecule has 0 radical (unpaired) electrons. The van der Waals surface area contributed by atoms with Crippen LogP contribution in [0.5, 0.6) is 5.75 Å². The third kappa shape index (κ3) is 3.17. The summed E-state index contributed by atoms with van der Waals surface area (Å²) < 4.78 is 5.61. The third-order valence-electron chi connectivity index (χ3n) is 4.54. The summed E-state index contributed by atoms with van der Waals surface area (Å²) in [6, 6.07) is 7.37. The van der Waals surface area contributed by atoms with E-state index in [9.17, 15) is 9.59 Å². The summed E-state index contributed by atoms with van der Waals surface area (Å²) in [7, 11) is 0. The average molecular weight is 317 g/mol. The second kappa shape index (κ2) is 6.58. The number of ether oxygens (including phenoxy) is 1. The topological polar surface area (TPSA) is 53.1 Å². The quantitative estimate of drug-likeness (QED) is 0.833. The largest absolute Gasteiger partial charge is 0.479 e. The highest BCUT2D eigenvalue weighted by atomic mass is 16.5. The zero-order chi connectivity index (χ0) is 16.4. The van der Waals surface area contributed by atoms with Crippen LogP contribution in [0, 0.1) is 0 Å². The molecule has 0 N–H and O–H groups in total. The Balaban J connectivity index is 1.72. The van der Waals surface area contributed by atoms with Crippen molar-refractivity contribution < 1.29 is 14.3 Å². The molecule has 1 unspecified atom stereocenters. The van der Waals surface area contributed by atoms with Crippen molar-refractivity contribution in [2.24, 2.45) is 0 Å². The van der Waals surface area contributed by atoms with Crippen LogP contribution >= 0.6 is 0 Å². The third-order valence-corrected chi connectivity index (χ3v) is 4.54. The Bertz CT molecular complexity index is 597. The van der Waals surface area contributed by atoms with Crippen molar-refractivity contribution >= 4 is 17.5 Å². The minimum Gasteiger partial charge on any atom is -0.479 e. The highest BCUT2D eigenvalue weighted by Gasteiger charge is 2.33. The van der Waals surface area contributed by atoms with Crippen LogP contribution in [0.1, 0.15) is 13.8 Å². The zero-order valence-corrected chi connectivity index (χ0v) is 13.7. The van der Waals surface area contributed by atoms with Gasteiger partial charge in [-0.25, -0.2) is 0 Å². The van der Waals surface area contributed by atoms with Gasteiger partial charge in [0.1, 0.15) is 12.3 Å². The Kier molecular flexibility index (Phi) is 4.52. The van der Waals surface area contributed by atoms with Gasteiger partial charge >= 0.3 is 0 Å². The Labute approximate surface area is 136 Å². The van der Waals surface area contributed by atoms with E-state index in [1.54, 1.807) is 11.8 Å². The molecule has 2 heterocycles. The first kappa shape index (κ1) is 15.8. The van der Waals surface area contributed by atoms with Crippen molar-refractivity contribution in [1.82, 2.24) is 9.80 Å². The molecule has 1 fully saturated rings. The predicted octanol–water partition coefficient (Wildman–Crippen LogP) is 0.965. The van der Waals surface area contributed by atoms with Crippen molar-refractivity contribution in [2.45, 2.75) is 20.0 Å². The number of likely N-dealkylation sites (N-methyl/N-ethyl adjacent to an activating group) is 1. The molecule has 0 aromatic heterocycles. The van der Waals surface area contributed by atoms with Gasteiger partial charge in [0.25, 0.3) is 5.91 Å². The molecule has 0 spiro atoms. The van der Waals surface area contributed by atoms with Gasteiger partial charge in [0.15, 0.2) is 6.10 Å². The summed E-state index contributed by atoms with van der Waals surface area (Å²) in [5, 5.41) is 0. The van der Waals surface area contributed by atoms with Crippen molar-refractivity contribution in [3.05, 3.63) is 24.3 Å². The molecule has 23 heavy (non-hydrogen) atoms. The number of carbonyl (C=O) groups excluding carboxylic acids is 2. The van der Waals surface area contributed by atoms with Gasteiger partial charge < -0.3 is 14.5 Å². The monoisotopic (exact) mass is 317 g/mol. The van der Waals surface area contributed by atoms with Gasteiger partial charge in [-0.2, -0.15) is 0 Å². The van der Waals surface area contributed by atoms with Crippen LogP contribution in [0.3, 0.4) is 0 Å². The summed E-state index contributed by atoms with van der Waals surface area (Å²) in [5.41, 5.74) is 0.677. The lowest BCUT2D eigenvalue weighted by Crippen LogP contribution is -2.53. The number of para-hydroxylation sites is 2. The number of hydrogen-bond acceptors (Lipinski definition) is 4. The van der Waals surface area contributed by atoms with Crippen LogP contribution in [0.25, 0.3) is 0 Å². The van der Waals surface area contributed by atoms with E-state index in [0.29, 0.717) is 11.4 Å². The predicted molar refractivity (Wildman–Crippen MR) is 87.6 cm³/mol. The molecule has 2 aliphatic heterocycles. The number of hydrogen-bond donors (Lipinski definition) is 0. The fourth-order valence-corrected chi connectivity index (χ4v) is 3.07. The van der Waals surface area contributed by atoms with E-state index in [1.807, 2.05) is 29.2 Å². The fourth-order valence-electron chi connectivity index (χ4n) is 3.07. The Morgan fingerprint density at radius 1 is 1.22 bits per heavy atom.